The number of ether oxygens (including phenoxy) is 1. The minimum Gasteiger partial charge on any atom is -0.478 e. The lowest BCUT2D eigenvalue weighted by atomic mass is 10.1. The van der Waals surface area contributed by atoms with Crippen LogP contribution in [0.2, 0.25) is 0 Å². The number of aromatic nitrogens is 1. The number of pyridine rings is 1. The minimum atomic E-state index is -1.07. The summed E-state index contributed by atoms with van der Waals surface area (Å²) in [5.41, 5.74) is 0.345. The van der Waals surface area contributed by atoms with Gasteiger partial charge < -0.3 is 14.7 Å². The molecule has 1 aromatic carbocycles. The molecule has 0 fully saturated rings. The molecule has 6 nitrogen and oxygen atoms in total. The van der Waals surface area contributed by atoms with Gasteiger partial charge in [-0.2, -0.15) is 4.73 Å². The number of hydrogen-bond acceptors (Lipinski definition) is 4. The van der Waals surface area contributed by atoms with Gasteiger partial charge in [0.25, 0.3) is 0 Å². The number of carboxylic acids is 1. The van der Waals surface area contributed by atoms with E-state index in [-0.39, 0.29) is 11.0 Å². The SMILES string of the molecule is COCCOn1ccc(=O)c2cc(C(=O)O)ccc21. The van der Waals surface area contributed by atoms with Crippen molar-refractivity contribution in [2.24, 2.45) is 0 Å². The molecule has 1 heterocycles. The number of carboxylic acid groups (broad SMARTS) is 1. The van der Waals surface area contributed by atoms with Crippen molar-refractivity contribution in [3.8, 4) is 0 Å². The van der Waals surface area contributed by atoms with E-state index in [1.807, 2.05) is 0 Å². The Bertz CT molecular complexity index is 662. The van der Waals surface area contributed by atoms with Crippen LogP contribution in [0.5, 0.6) is 0 Å². The molecule has 100 valence electrons. The van der Waals surface area contributed by atoms with E-state index in [1.54, 1.807) is 13.2 Å². The van der Waals surface area contributed by atoms with Crippen LogP contribution in [0, 0.1) is 0 Å². The van der Waals surface area contributed by atoms with Crippen LogP contribution in [-0.4, -0.2) is 36.1 Å². The third-order valence-electron chi connectivity index (χ3n) is 2.63. The van der Waals surface area contributed by atoms with E-state index in [0.717, 1.165) is 0 Å². The first kappa shape index (κ1) is 13.1. The van der Waals surface area contributed by atoms with Gasteiger partial charge in [0.15, 0.2) is 5.43 Å². The molecule has 1 N–H and O–H groups in total. The number of hydrogen-bond donors (Lipinski definition) is 1. The first-order chi connectivity index (χ1) is 9.13. The second kappa shape index (κ2) is 5.53. The van der Waals surface area contributed by atoms with E-state index in [9.17, 15) is 9.59 Å². The highest BCUT2D eigenvalue weighted by molar-refractivity contribution is 5.93. The number of carbonyl (C=O) groups is 1. The average Bonchev–Trinajstić information content (AvgIpc) is 2.41. The van der Waals surface area contributed by atoms with Gasteiger partial charge in [0.2, 0.25) is 0 Å². The van der Waals surface area contributed by atoms with E-state index >= 15 is 0 Å². The Morgan fingerprint density at radius 1 is 1.32 bits per heavy atom. The normalized spacial score (nSPS) is 10.6. The van der Waals surface area contributed by atoms with Gasteiger partial charge >= 0.3 is 5.97 Å². The Labute approximate surface area is 108 Å². The maximum absolute atomic E-state index is 11.7. The smallest absolute Gasteiger partial charge is 0.335 e. The molecule has 19 heavy (non-hydrogen) atoms. The molecular formula is C13H13NO5. The summed E-state index contributed by atoms with van der Waals surface area (Å²) in [6, 6.07) is 5.66. The van der Waals surface area contributed by atoms with Gasteiger partial charge in [-0.25, -0.2) is 4.79 Å². The highest BCUT2D eigenvalue weighted by Gasteiger charge is 2.08. The number of nitrogens with zero attached hydrogens (tertiary/aromatic N) is 1. The summed E-state index contributed by atoms with van der Waals surface area (Å²) in [6.07, 6.45) is 1.50. The third kappa shape index (κ3) is 2.74. The van der Waals surface area contributed by atoms with Gasteiger partial charge in [-0.1, -0.05) is 0 Å². The predicted octanol–water partition coefficient (Wildman–Crippen LogP) is 0.775. The lowest BCUT2D eigenvalue weighted by Gasteiger charge is -2.12. The van der Waals surface area contributed by atoms with Gasteiger partial charge in [0, 0.05) is 24.8 Å². The van der Waals surface area contributed by atoms with E-state index in [0.29, 0.717) is 24.1 Å². The largest absolute Gasteiger partial charge is 0.478 e. The van der Waals surface area contributed by atoms with Crippen molar-refractivity contribution in [3.63, 3.8) is 0 Å². The zero-order valence-corrected chi connectivity index (χ0v) is 10.3. The Hall–Kier alpha value is -2.34. The molecule has 6 heteroatoms. The summed E-state index contributed by atoms with van der Waals surface area (Å²) in [6.45, 7) is 0.746. The summed E-state index contributed by atoms with van der Waals surface area (Å²) >= 11 is 0. The van der Waals surface area contributed by atoms with E-state index in [4.69, 9.17) is 14.7 Å². The summed E-state index contributed by atoms with van der Waals surface area (Å²) in [4.78, 5) is 28.1. The van der Waals surface area contributed by atoms with Crippen molar-refractivity contribution >= 4 is 16.9 Å². The van der Waals surface area contributed by atoms with Crippen LogP contribution in [0.15, 0.2) is 35.3 Å². The van der Waals surface area contributed by atoms with E-state index in [1.165, 1.54) is 29.1 Å². The molecular weight excluding hydrogens is 250 g/mol. The van der Waals surface area contributed by atoms with Gasteiger partial charge in [0.05, 0.1) is 17.7 Å². The first-order valence-corrected chi connectivity index (χ1v) is 5.64. The molecule has 0 unspecified atom stereocenters. The fourth-order valence-corrected chi connectivity index (χ4v) is 1.70. The molecule has 0 radical (unpaired) electrons. The minimum absolute atomic E-state index is 0.0687. The Morgan fingerprint density at radius 2 is 2.11 bits per heavy atom. The van der Waals surface area contributed by atoms with E-state index in [2.05, 4.69) is 0 Å². The van der Waals surface area contributed by atoms with Crippen molar-refractivity contribution in [2.75, 3.05) is 20.3 Å². The van der Waals surface area contributed by atoms with Crippen LogP contribution in [0.4, 0.5) is 0 Å². The molecule has 0 aliphatic heterocycles. The number of methoxy groups -OCH3 is 1. The van der Waals surface area contributed by atoms with Crippen molar-refractivity contribution in [2.45, 2.75) is 0 Å². The fourth-order valence-electron chi connectivity index (χ4n) is 1.70. The number of benzene rings is 1. The fraction of sp³-hybridized carbons (Fsp3) is 0.231. The number of aromatic carboxylic acids is 1. The highest BCUT2D eigenvalue weighted by atomic mass is 16.7. The molecule has 2 aromatic rings. The van der Waals surface area contributed by atoms with Crippen LogP contribution in [0.3, 0.4) is 0 Å². The molecule has 0 saturated carbocycles. The number of rotatable bonds is 5. The van der Waals surface area contributed by atoms with Crippen molar-refractivity contribution in [1.29, 1.82) is 0 Å². The molecule has 0 amide bonds. The zero-order valence-electron chi connectivity index (χ0n) is 10.3. The second-order valence-electron chi connectivity index (χ2n) is 3.87. The first-order valence-electron chi connectivity index (χ1n) is 5.64. The molecule has 0 saturated heterocycles. The molecule has 1 aromatic heterocycles. The second-order valence-corrected chi connectivity index (χ2v) is 3.87. The molecule has 0 atom stereocenters. The van der Waals surface area contributed by atoms with Crippen LogP contribution in [0.25, 0.3) is 10.9 Å². The zero-order chi connectivity index (χ0) is 13.8. The Balaban J connectivity index is 2.47. The maximum atomic E-state index is 11.7. The summed E-state index contributed by atoms with van der Waals surface area (Å²) in [5, 5.41) is 9.23. The standard InChI is InChI=1S/C13H13NO5/c1-18-6-7-19-14-5-4-12(15)10-8-9(13(16)17)2-3-11(10)14/h2-5,8H,6-7H2,1H3,(H,16,17). The third-order valence-corrected chi connectivity index (χ3v) is 2.63. The topological polar surface area (TPSA) is 77.8 Å². The summed E-state index contributed by atoms with van der Waals surface area (Å²) in [7, 11) is 1.56. The molecule has 0 bridgehead atoms. The van der Waals surface area contributed by atoms with E-state index < -0.39 is 5.97 Å². The van der Waals surface area contributed by atoms with Crippen LogP contribution in [-0.2, 0) is 4.74 Å². The van der Waals surface area contributed by atoms with Crippen molar-refractivity contribution in [1.82, 2.24) is 4.73 Å². The summed E-state index contributed by atoms with van der Waals surface area (Å²) < 4.78 is 6.30. The van der Waals surface area contributed by atoms with Crippen LogP contribution < -0.4 is 10.3 Å². The lowest BCUT2D eigenvalue weighted by Crippen LogP contribution is -2.19. The van der Waals surface area contributed by atoms with Gasteiger partial charge in [-0.3, -0.25) is 4.79 Å². The Morgan fingerprint density at radius 3 is 2.79 bits per heavy atom. The predicted molar refractivity (Wildman–Crippen MR) is 68.5 cm³/mol. The maximum Gasteiger partial charge on any atom is 0.335 e. The van der Waals surface area contributed by atoms with Crippen molar-refractivity contribution in [3.05, 3.63) is 46.2 Å². The van der Waals surface area contributed by atoms with Gasteiger partial charge in [-0.15, -0.1) is 0 Å². The monoisotopic (exact) mass is 263 g/mol. The average molecular weight is 263 g/mol. The van der Waals surface area contributed by atoms with Crippen LogP contribution >= 0.6 is 0 Å². The summed E-state index contributed by atoms with van der Waals surface area (Å²) in [5.74, 6) is -1.07. The van der Waals surface area contributed by atoms with Crippen LogP contribution in [0.1, 0.15) is 10.4 Å². The molecule has 2 rings (SSSR count). The molecule has 0 spiro atoms. The highest BCUT2D eigenvalue weighted by Crippen LogP contribution is 2.12. The molecule has 0 aliphatic rings. The van der Waals surface area contributed by atoms with Gasteiger partial charge in [0.1, 0.15) is 6.61 Å². The quantitative estimate of drug-likeness (QED) is 0.806. The van der Waals surface area contributed by atoms with Gasteiger partial charge in [-0.05, 0) is 18.2 Å². The van der Waals surface area contributed by atoms with Crippen molar-refractivity contribution < 1.29 is 19.5 Å². The Kier molecular flexibility index (Phi) is 3.82. The lowest BCUT2D eigenvalue weighted by molar-refractivity contribution is 0.0630. The molecule has 0 aliphatic carbocycles. The number of fused-ring (bicyclic) bond motifs is 1.